The van der Waals surface area contributed by atoms with Gasteiger partial charge in [0.05, 0.1) is 12.3 Å². The molecule has 17 heavy (non-hydrogen) atoms. The van der Waals surface area contributed by atoms with Gasteiger partial charge in [-0.2, -0.15) is 5.10 Å². The molecule has 0 bridgehead atoms. The van der Waals surface area contributed by atoms with E-state index in [9.17, 15) is 0 Å². The maximum atomic E-state index is 4.99. The maximum absolute atomic E-state index is 4.99. The van der Waals surface area contributed by atoms with Gasteiger partial charge in [-0.25, -0.2) is 0 Å². The average Bonchev–Trinajstić information content (AvgIpc) is 2.52. The summed E-state index contributed by atoms with van der Waals surface area (Å²) >= 11 is 0. The summed E-state index contributed by atoms with van der Waals surface area (Å²) in [6.07, 6.45) is 2.21. The van der Waals surface area contributed by atoms with Gasteiger partial charge >= 0.3 is 0 Å². The molecule has 1 N–H and O–H groups in total. The third kappa shape index (κ3) is 3.98. The van der Waals surface area contributed by atoms with Gasteiger partial charge in [-0.05, 0) is 20.8 Å². The molecule has 0 aliphatic heterocycles. The van der Waals surface area contributed by atoms with Gasteiger partial charge in [0.2, 0.25) is 0 Å². The van der Waals surface area contributed by atoms with E-state index in [0.717, 1.165) is 25.4 Å². The summed E-state index contributed by atoms with van der Waals surface area (Å²) in [5.74, 6) is 0. The van der Waals surface area contributed by atoms with Gasteiger partial charge in [0.1, 0.15) is 0 Å². The molecule has 1 heterocycles. The Morgan fingerprint density at radius 2 is 2.18 bits per heavy atom. The van der Waals surface area contributed by atoms with Crippen molar-refractivity contribution in [3.05, 3.63) is 22.5 Å². The second kappa shape index (κ2) is 6.57. The standard InChI is InChI=1S/C13H23N3O/c1-10(9-14-6-7-17-5)8-13-11(2)15-16(4)12(13)3/h8,14H,6-7,9H2,1-5H3. The van der Waals surface area contributed by atoms with E-state index in [2.05, 4.69) is 30.3 Å². The molecule has 4 nitrogen and oxygen atoms in total. The highest BCUT2D eigenvalue weighted by atomic mass is 16.5. The highest BCUT2D eigenvalue weighted by Crippen LogP contribution is 2.15. The van der Waals surface area contributed by atoms with Crippen LogP contribution < -0.4 is 5.32 Å². The molecule has 0 saturated carbocycles. The van der Waals surface area contributed by atoms with Crippen LogP contribution in [0.4, 0.5) is 0 Å². The van der Waals surface area contributed by atoms with Crippen molar-refractivity contribution in [2.45, 2.75) is 20.8 Å². The minimum absolute atomic E-state index is 0.748. The van der Waals surface area contributed by atoms with Crippen LogP contribution >= 0.6 is 0 Å². The fourth-order valence-corrected chi connectivity index (χ4v) is 1.76. The molecule has 0 fully saturated rings. The normalized spacial score (nSPS) is 12.2. The van der Waals surface area contributed by atoms with Crippen molar-refractivity contribution < 1.29 is 4.74 Å². The van der Waals surface area contributed by atoms with Crippen LogP contribution in [0.3, 0.4) is 0 Å². The molecule has 1 aromatic rings. The van der Waals surface area contributed by atoms with E-state index < -0.39 is 0 Å². The molecular formula is C13H23N3O. The minimum atomic E-state index is 0.748. The van der Waals surface area contributed by atoms with Crippen molar-refractivity contribution >= 4 is 6.08 Å². The molecule has 0 aromatic carbocycles. The van der Waals surface area contributed by atoms with Gasteiger partial charge in [-0.1, -0.05) is 11.6 Å². The smallest absolute Gasteiger partial charge is 0.0668 e. The van der Waals surface area contributed by atoms with Crippen molar-refractivity contribution in [2.24, 2.45) is 7.05 Å². The Labute approximate surface area is 104 Å². The lowest BCUT2D eigenvalue weighted by molar-refractivity contribution is 0.200. The first-order chi connectivity index (χ1) is 8.06. The van der Waals surface area contributed by atoms with E-state index in [4.69, 9.17) is 4.74 Å². The fourth-order valence-electron chi connectivity index (χ4n) is 1.76. The molecule has 0 radical (unpaired) electrons. The van der Waals surface area contributed by atoms with Crippen molar-refractivity contribution in [2.75, 3.05) is 26.8 Å². The molecule has 0 unspecified atom stereocenters. The van der Waals surface area contributed by atoms with Gasteiger partial charge in [0.15, 0.2) is 0 Å². The Kier molecular flexibility index (Phi) is 5.38. The number of nitrogens with one attached hydrogen (secondary N) is 1. The van der Waals surface area contributed by atoms with Crippen molar-refractivity contribution in [1.82, 2.24) is 15.1 Å². The Balaban J connectivity index is 2.61. The molecule has 0 amide bonds. The van der Waals surface area contributed by atoms with E-state index in [-0.39, 0.29) is 0 Å². The zero-order chi connectivity index (χ0) is 12.8. The van der Waals surface area contributed by atoms with E-state index >= 15 is 0 Å². The van der Waals surface area contributed by atoms with Crippen LogP contribution in [0, 0.1) is 13.8 Å². The lowest BCUT2D eigenvalue weighted by atomic mass is 10.1. The van der Waals surface area contributed by atoms with Crippen LogP contribution in [0.1, 0.15) is 23.9 Å². The molecular weight excluding hydrogens is 214 g/mol. The molecule has 0 aliphatic carbocycles. The first-order valence-corrected chi connectivity index (χ1v) is 5.93. The molecule has 0 spiro atoms. The zero-order valence-corrected chi connectivity index (χ0v) is 11.5. The number of rotatable bonds is 6. The van der Waals surface area contributed by atoms with E-state index in [0.29, 0.717) is 0 Å². The van der Waals surface area contributed by atoms with Crippen molar-refractivity contribution in [3.8, 4) is 0 Å². The predicted octanol–water partition coefficient (Wildman–Crippen LogP) is 1.68. The molecule has 0 aliphatic rings. The highest BCUT2D eigenvalue weighted by molar-refractivity contribution is 5.57. The number of hydrogen-bond donors (Lipinski definition) is 1. The second-order valence-corrected chi connectivity index (χ2v) is 4.37. The molecule has 0 atom stereocenters. The first kappa shape index (κ1) is 13.9. The topological polar surface area (TPSA) is 39.1 Å². The summed E-state index contributed by atoms with van der Waals surface area (Å²) in [6.45, 7) is 8.79. The summed E-state index contributed by atoms with van der Waals surface area (Å²) in [4.78, 5) is 0. The lowest BCUT2D eigenvalue weighted by Gasteiger charge is -2.04. The number of aryl methyl sites for hydroxylation is 2. The Bertz CT molecular complexity index is 394. The van der Waals surface area contributed by atoms with Gasteiger partial charge in [-0.3, -0.25) is 4.68 Å². The van der Waals surface area contributed by atoms with Gasteiger partial charge in [0, 0.05) is 38.5 Å². The van der Waals surface area contributed by atoms with Crippen LogP contribution in [0.25, 0.3) is 6.08 Å². The summed E-state index contributed by atoms with van der Waals surface area (Å²) in [6, 6.07) is 0. The number of nitrogens with zero attached hydrogens (tertiary/aromatic N) is 2. The largest absolute Gasteiger partial charge is 0.383 e. The van der Waals surface area contributed by atoms with Crippen molar-refractivity contribution in [3.63, 3.8) is 0 Å². The number of hydrogen-bond acceptors (Lipinski definition) is 3. The van der Waals surface area contributed by atoms with Crippen LogP contribution in [-0.4, -0.2) is 36.6 Å². The quantitative estimate of drug-likeness (QED) is 0.765. The number of methoxy groups -OCH3 is 1. The molecule has 1 rings (SSSR count). The van der Waals surface area contributed by atoms with Gasteiger partial charge in [0.25, 0.3) is 0 Å². The Morgan fingerprint density at radius 3 is 2.71 bits per heavy atom. The average molecular weight is 237 g/mol. The molecule has 4 heteroatoms. The maximum Gasteiger partial charge on any atom is 0.0668 e. The molecule has 0 saturated heterocycles. The molecule has 96 valence electrons. The minimum Gasteiger partial charge on any atom is -0.383 e. The monoisotopic (exact) mass is 237 g/mol. The molecule has 1 aromatic heterocycles. The highest BCUT2D eigenvalue weighted by Gasteiger charge is 2.06. The zero-order valence-electron chi connectivity index (χ0n) is 11.5. The SMILES string of the molecule is COCCNCC(C)=Cc1c(C)nn(C)c1C. The van der Waals surface area contributed by atoms with E-state index in [1.54, 1.807) is 7.11 Å². The Hall–Kier alpha value is -1.13. The van der Waals surface area contributed by atoms with E-state index in [1.807, 2.05) is 18.7 Å². The van der Waals surface area contributed by atoms with E-state index in [1.165, 1.54) is 16.8 Å². The van der Waals surface area contributed by atoms with Crippen LogP contribution in [0.15, 0.2) is 5.57 Å². The third-order valence-corrected chi connectivity index (χ3v) is 2.84. The number of ether oxygens (including phenoxy) is 1. The van der Waals surface area contributed by atoms with Gasteiger partial charge in [-0.15, -0.1) is 0 Å². The first-order valence-electron chi connectivity index (χ1n) is 5.93. The third-order valence-electron chi connectivity index (χ3n) is 2.84. The summed E-state index contributed by atoms with van der Waals surface area (Å²) in [5, 5.41) is 7.74. The second-order valence-electron chi connectivity index (χ2n) is 4.37. The summed E-state index contributed by atoms with van der Waals surface area (Å²) < 4.78 is 6.91. The van der Waals surface area contributed by atoms with Crippen LogP contribution in [0.2, 0.25) is 0 Å². The Morgan fingerprint density at radius 1 is 1.47 bits per heavy atom. The van der Waals surface area contributed by atoms with Crippen molar-refractivity contribution in [1.29, 1.82) is 0 Å². The van der Waals surface area contributed by atoms with Crippen LogP contribution in [-0.2, 0) is 11.8 Å². The number of aromatic nitrogens is 2. The summed E-state index contributed by atoms with van der Waals surface area (Å²) in [5.41, 5.74) is 4.83. The van der Waals surface area contributed by atoms with Gasteiger partial charge < -0.3 is 10.1 Å². The lowest BCUT2D eigenvalue weighted by Crippen LogP contribution is -2.20. The fraction of sp³-hybridized carbons (Fsp3) is 0.615. The van der Waals surface area contributed by atoms with Crippen LogP contribution in [0.5, 0.6) is 0 Å². The summed E-state index contributed by atoms with van der Waals surface area (Å²) in [7, 11) is 3.69. The predicted molar refractivity (Wildman–Crippen MR) is 71.1 cm³/mol.